The number of rotatable bonds is 9. The minimum atomic E-state index is -0.454. The third-order valence-corrected chi connectivity index (χ3v) is 5.20. The van der Waals surface area contributed by atoms with E-state index in [-0.39, 0.29) is 41.7 Å². The van der Waals surface area contributed by atoms with Gasteiger partial charge in [-0.1, -0.05) is 0 Å². The molecule has 33 heavy (non-hydrogen) atoms. The van der Waals surface area contributed by atoms with Gasteiger partial charge in [0.25, 0.3) is 5.91 Å². The van der Waals surface area contributed by atoms with Crippen molar-refractivity contribution in [3.05, 3.63) is 29.5 Å². The quantitative estimate of drug-likeness (QED) is 0.361. The number of aromatic hydroxyl groups is 1. The molecule has 0 aliphatic heterocycles. The molecule has 1 saturated carbocycles. The Labute approximate surface area is 191 Å². The smallest absolute Gasteiger partial charge is 0.407 e. The number of carbonyl (C=O) groups is 2. The lowest BCUT2D eigenvalue weighted by atomic mass is 10.0. The van der Waals surface area contributed by atoms with E-state index in [1.807, 2.05) is 13.8 Å². The van der Waals surface area contributed by atoms with Gasteiger partial charge in [-0.05, 0) is 33.1 Å². The topological polar surface area (TPSA) is 159 Å². The minimum absolute atomic E-state index is 0.0174. The summed E-state index contributed by atoms with van der Waals surface area (Å²) in [5, 5.41) is 29.8. The molecular formula is C22H29N5O6. The Morgan fingerprint density at radius 2 is 2.12 bits per heavy atom. The summed E-state index contributed by atoms with van der Waals surface area (Å²) in [6.07, 6.45) is 2.63. The van der Waals surface area contributed by atoms with Crippen LogP contribution in [0, 0.1) is 5.41 Å². The van der Waals surface area contributed by atoms with Crippen LogP contribution in [0.4, 0.5) is 10.6 Å². The van der Waals surface area contributed by atoms with Crippen molar-refractivity contribution in [1.82, 2.24) is 15.5 Å². The van der Waals surface area contributed by atoms with E-state index in [1.165, 1.54) is 19.2 Å². The molecule has 11 heteroatoms. The van der Waals surface area contributed by atoms with Crippen molar-refractivity contribution in [2.75, 3.05) is 19.0 Å². The van der Waals surface area contributed by atoms with E-state index in [1.54, 1.807) is 6.07 Å². The molecule has 0 radical (unpaired) electrons. The van der Waals surface area contributed by atoms with Crippen molar-refractivity contribution in [2.45, 2.75) is 51.2 Å². The molecule has 0 unspecified atom stereocenters. The van der Waals surface area contributed by atoms with Crippen LogP contribution in [0.3, 0.4) is 0 Å². The number of amides is 2. The maximum absolute atomic E-state index is 12.3. The summed E-state index contributed by atoms with van der Waals surface area (Å²) in [6.45, 7) is 3.40. The Morgan fingerprint density at radius 1 is 1.33 bits per heavy atom. The number of alkyl carbamates (subject to hydrolysis) is 1. The summed E-state index contributed by atoms with van der Waals surface area (Å²) in [6, 6.07) is 4.61. The van der Waals surface area contributed by atoms with Crippen LogP contribution in [0.15, 0.2) is 18.2 Å². The number of carbonyl (C=O) groups excluding carboxylic acids is 2. The SMILES string of the molecule is COc1cc(O)c(C=N)c(OCC(=O)Nc2cc([C@H]3CC[C@@H](OC(=O)NC(C)C)C3)[nH]n2)c1. The zero-order chi connectivity index (χ0) is 24.0. The fourth-order valence-corrected chi connectivity index (χ4v) is 3.65. The predicted octanol–water partition coefficient (Wildman–Crippen LogP) is 2.91. The number of anilines is 1. The number of H-pyrrole nitrogens is 1. The van der Waals surface area contributed by atoms with Crippen LogP contribution in [0.1, 0.15) is 50.3 Å². The van der Waals surface area contributed by atoms with E-state index in [0.29, 0.717) is 18.0 Å². The van der Waals surface area contributed by atoms with E-state index in [4.69, 9.17) is 19.6 Å². The van der Waals surface area contributed by atoms with Gasteiger partial charge in [-0.3, -0.25) is 9.89 Å². The van der Waals surface area contributed by atoms with Crippen LogP contribution in [-0.2, 0) is 9.53 Å². The summed E-state index contributed by atoms with van der Waals surface area (Å²) in [7, 11) is 1.43. The third kappa shape index (κ3) is 6.37. The number of benzene rings is 1. The number of ether oxygens (including phenoxy) is 3. The number of nitrogens with zero attached hydrogens (tertiary/aromatic N) is 1. The van der Waals surface area contributed by atoms with Gasteiger partial charge in [-0.15, -0.1) is 0 Å². The summed E-state index contributed by atoms with van der Waals surface area (Å²) >= 11 is 0. The maximum Gasteiger partial charge on any atom is 0.407 e. The Balaban J connectivity index is 1.52. The van der Waals surface area contributed by atoms with Crippen molar-refractivity contribution in [3.63, 3.8) is 0 Å². The number of phenols is 1. The molecule has 2 amide bonds. The lowest BCUT2D eigenvalue weighted by Gasteiger charge is -2.14. The predicted molar refractivity (Wildman–Crippen MR) is 120 cm³/mol. The van der Waals surface area contributed by atoms with Gasteiger partial charge in [0.1, 0.15) is 23.4 Å². The molecule has 1 aliphatic carbocycles. The lowest BCUT2D eigenvalue weighted by Crippen LogP contribution is -2.33. The Bertz CT molecular complexity index is 1010. The van der Waals surface area contributed by atoms with Crippen molar-refractivity contribution >= 4 is 24.0 Å². The fourth-order valence-electron chi connectivity index (χ4n) is 3.65. The van der Waals surface area contributed by atoms with Gasteiger partial charge < -0.3 is 35.4 Å². The van der Waals surface area contributed by atoms with Crippen molar-refractivity contribution < 1.29 is 28.9 Å². The van der Waals surface area contributed by atoms with E-state index in [0.717, 1.165) is 24.8 Å². The molecule has 0 saturated heterocycles. The van der Waals surface area contributed by atoms with Gasteiger partial charge in [0, 0.05) is 42.1 Å². The van der Waals surface area contributed by atoms with Gasteiger partial charge in [0.05, 0.1) is 12.7 Å². The van der Waals surface area contributed by atoms with Crippen LogP contribution < -0.4 is 20.1 Å². The third-order valence-electron chi connectivity index (χ3n) is 5.20. The molecule has 1 aromatic carbocycles. The highest BCUT2D eigenvalue weighted by Crippen LogP contribution is 2.36. The van der Waals surface area contributed by atoms with Gasteiger partial charge in [-0.2, -0.15) is 5.10 Å². The molecule has 0 spiro atoms. The molecule has 1 aromatic heterocycles. The molecule has 3 rings (SSSR count). The van der Waals surface area contributed by atoms with Crippen LogP contribution >= 0.6 is 0 Å². The van der Waals surface area contributed by atoms with Gasteiger partial charge in [0.2, 0.25) is 0 Å². The average Bonchev–Trinajstić information content (AvgIpc) is 3.40. The molecule has 2 aromatic rings. The molecule has 178 valence electrons. The zero-order valence-electron chi connectivity index (χ0n) is 18.8. The Hall–Kier alpha value is -3.76. The first-order valence-corrected chi connectivity index (χ1v) is 10.7. The number of phenolic OH excluding ortho intramolecular Hbond substituents is 1. The molecule has 2 atom stereocenters. The van der Waals surface area contributed by atoms with Crippen molar-refractivity contribution in [3.8, 4) is 17.2 Å². The van der Waals surface area contributed by atoms with Gasteiger partial charge in [-0.25, -0.2) is 4.79 Å². The standard InChI is InChI=1S/C22H29N5O6/c1-12(2)24-22(30)33-14-5-4-13(6-14)17-9-20(27-26-17)25-21(29)11-32-19-8-15(31-3)7-18(28)16(19)10-23/h7-10,12-14,23,28H,4-6,11H2,1-3H3,(H,24,30)(H2,25,26,27,29)/t13-,14+/m0/s1. The second kappa shape index (κ2) is 10.7. The van der Waals surface area contributed by atoms with Gasteiger partial charge >= 0.3 is 6.09 Å². The first-order chi connectivity index (χ1) is 15.8. The largest absolute Gasteiger partial charge is 0.507 e. The average molecular weight is 460 g/mol. The molecule has 1 fully saturated rings. The fraction of sp³-hybridized carbons (Fsp3) is 0.455. The summed E-state index contributed by atoms with van der Waals surface area (Å²) < 4.78 is 16.0. The second-order valence-corrected chi connectivity index (χ2v) is 8.08. The highest BCUT2D eigenvalue weighted by molar-refractivity contribution is 5.91. The number of hydrogen-bond donors (Lipinski definition) is 5. The second-order valence-electron chi connectivity index (χ2n) is 8.08. The van der Waals surface area contributed by atoms with Crippen molar-refractivity contribution in [2.24, 2.45) is 0 Å². The Morgan fingerprint density at radius 3 is 2.82 bits per heavy atom. The van der Waals surface area contributed by atoms with Crippen LogP contribution in [-0.4, -0.2) is 59.4 Å². The van der Waals surface area contributed by atoms with E-state index < -0.39 is 12.0 Å². The molecule has 0 bridgehead atoms. The molecule has 5 N–H and O–H groups in total. The highest BCUT2D eigenvalue weighted by atomic mass is 16.6. The molecule has 1 aliphatic rings. The summed E-state index contributed by atoms with van der Waals surface area (Å²) in [4.78, 5) is 24.1. The molecular weight excluding hydrogens is 430 g/mol. The lowest BCUT2D eigenvalue weighted by molar-refractivity contribution is -0.118. The number of aromatic nitrogens is 2. The van der Waals surface area contributed by atoms with E-state index in [9.17, 15) is 14.7 Å². The van der Waals surface area contributed by atoms with Crippen LogP contribution in [0.5, 0.6) is 17.2 Å². The van der Waals surface area contributed by atoms with Crippen molar-refractivity contribution in [1.29, 1.82) is 5.41 Å². The van der Waals surface area contributed by atoms with Crippen LogP contribution in [0.2, 0.25) is 0 Å². The van der Waals surface area contributed by atoms with E-state index in [2.05, 4.69) is 20.8 Å². The van der Waals surface area contributed by atoms with E-state index >= 15 is 0 Å². The number of methoxy groups -OCH3 is 1. The number of hydrogen-bond acceptors (Lipinski definition) is 8. The number of aromatic amines is 1. The maximum atomic E-state index is 12.3. The Kier molecular flexibility index (Phi) is 7.75. The van der Waals surface area contributed by atoms with Crippen LogP contribution in [0.25, 0.3) is 0 Å². The first kappa shape index (κ1) is 23.9. The molecule has 1 heterocycles. The minimum Gasteiger partial charge on any atom is -0.507 e. The first-order valence-electron chi connectivity index (χ1n) is 10.7. The molecule has 11 nitrogen and oxygen atoms in total. The number of nitrogens with one attached hydrogen (secondary N) is 4. The highest BCUT2D eigenvalue weighted by Gasteiger charge is 2.30. The zero-order valence-corrected chi connectivity index (χ0v) is 18.8. The summed E-state index contributed by atoms with van der Waals surface area (Å²) in [5.41, 5.74) is 0.996. The normalized spacial score (nSPS) is 17.5. The monoisotopic (exact) mass is 459 g/mol. The van der Waals surface area contributed by atoms with Gasteiger partial charge in [0.15, 0.2) is 12.4 Å². The summed E-state index contributed by atoms with van der Waals surface area (Å²) in [5.74, 6) is 0.346.